The van der Waals surface area contributed by atoms with Crippen LogP contribution in [0, 0.1) is 20.8 Å². The molecule has 0 aliphatic heterocycles. The lowest BCUT2D eigenvalue weighted by atomic mass is 10.1. The molecule has 1 N–H and O–H groups in total. The molecule has 0 atom stereocenters. The summed E-state index contributed by atoms with van der Waals surface area (Å²) >= 11 is 0. The van der Waals surface area contributed by atoms with Gasteiger partial charge in [0.15, 0.2) is 0 Å². The average Bonchev–Trinajstić information content (AvgIpc) is 2.81. The van der Waals surface area contributed by atoms with Gasteiger partial charge in [-0.25, -0.2) is 19.7 Å². The molecule has 0 spiro atoms. The van der Waals surface area contributed by atoms with Crippen LogP contribution in [0.2, 0.25) is 0 Å². The summed E-state index contributed by atoms with van der Waals surface area (Å²) in [5.41, 5.74) is 4.63. The number of fused-ring (bicyclic) bond motifs is 1. The molecule has 1 aromatic carbocycles. The van der Waals surface area contributed by atoms with Crippen LogP contribution in [0.1, 0.15) is 27.2 Å². The molecule has 21 heavy (non-hydrogen) atoms. The minimum absolute atomic E-state index is 0.107. The molecule has 2 heterocycles. The number of aryl methyl sites for hydroxylation is 3. The number of aromatic carboxylic acids is 1. The summed E-state index contributed by atoms with van der Waals surface area (Å²) < 4.78 is 1.76. The highest BCUT2D eigenvalue weighted by Crippen LogP contribution is 2.20. The Labute approximate surface area is 121 Å². The Hall–Kier alpha value is -2.76. The number of nitrogens with zero attached hydrogens (tertiary/aromatic N) is 4. The minimum atomic E-state index is -1.03. The number of benzene rings is 1. The van der Waals surface area contributed by atoms with Crippen molar-refractivity contribution >= 4 is 17.0 Å². The molecule has 0 saturated carbocycles. The molecule has 2 aromatic heterocycles. The molecule has 0 bridgehead atoms. The van der Waals surface area contributed by atoms with E-state index in [4.69, 9.17) is 5.11 Å². The lowest BCUT2D eigenvalue weighted by Gasteiger charge is -2.06. The van der Waals surface area contributed by atoms with Gasteiger partial charge in [0.25, 0.3) is 0 Å². The molecule has 3 aromatic rings. The number of carboxylic acid groups (broad SMARTS) is 1. The van der Waals surface area contributed by atoms with Crippen LogP contribution in [0.15, 0.2) is 24.7 Å². The smallest absolute Gasteiger partial charge is 0.339 e. The second-order valence-electron chi connectivity index (χ2n) is 5.01. The first-order valence-electron chi connectivity index (χ1n) is 6.49. The van der Waals surface area contributed by atoms with Crippen molar-refractivity contribution in [2.45, 2.75) is 20.8 Å². The van der Waals surface area contributed by atoms with Gasteiger partial charge in [0, 0.05) is 6.20 Å². The van der Waals surface area contributed by atoms with E-state index in [1.54, 1.807) is 17.8 Å². The predicted octanol–water partition coefficient (Wildman–Crippen LogP) is 2.44. The SMILES string of the molecule is Cc1cc2ncn(-c3ncc(C(=O)O)c(C)n3)c2cc1C. The molecule has 0 radical (unpaired) electrons. The maximum absolute atomic E-state index is 11.0. The van der Waals surface area contributed by atoms with Crippen LogP contribution in [0.25, 0.3) is 17.0 Å². The number of carboxylic acids is 1. The second-order valence-corrected chi connectivity index (χ2v) is 5.01. The molecular weight excluding hydrogens is 268 g/mol. The Kier molecular flexibility index (Phi) is 2.94. The van der Waals surface area contributed by atoms with Crippen LogP contribution >= 0.6 is 0 Å². The first-order valence-corrected chi connectivity index (χ1v) is 6.49. The van der Waals surface area contributed by atoms with E-state index < -0.39 is 5.97 Å². The highest BCUT2D eigenvalue weighted by Gasteiger charge is 2.13. The fraction of sp³-hybridized carbons (Fsp3) is 0.200. The predicted molar refractivity (Wildman–Crippen MR) is 77.8 cm³/mol. The molecule has 106 valence electrons. The van der Waals surface area contributed by atoms with Gasteiger partial charge in [-0.3, -0.25) is 4.57 Å². The zero-order chi connectivity index (χ0) is 15.1. The fourth-order valence-electron chi connectivity index (χ4n) is 2.20. The number of hydrogen-bond acceptors (Lipinski definition) is 4. The quantitative estimate of drug-likeness (QED) is 0.780. The third-order valence-electron chi connectivity index (χ3n) is 3.58. The van der Waals surface area contributed by atoms with Gasteiger partial charge in [-0.2, -0.15) is 0 Å². The van der Waals surface area contributed by atoms with E-state index in [9.17, 15) is 4.79 Å². The summed E-state index contributed by atoms with van der Waals surface area (Å²) in [7, 11) is 0. The first-order chi connectivity index (χ1) is 9.97. The normalized spacial score (nSPS) is 11.0. The maximum Gasteiger partial charge on any atom is 0.339 e. The van der Waals surface area contributed by atoms with Gasteiger partial charge in [0.2, 0.25) is 5.95 Å². The van der Waals surface area contributed by atoms with Gasteiger partial charge in [-0.05, 0) is 44.0 Å². The monoisotopic (exact) mass is 282 g/mol. The summed E-state index contributed by atoms with van der Waals surface area (Å²) in [6.07, 6.45) is 2.98. The van der Waals surface area contributed by atoms with Crippen LogP contribution < -0.4 is 0 Å². The standard InChI is InChI=1S/C15H14N4O2/c1-8-4-12-13(5-9(8)2)19(7-17-12)15-16-6-11(14(20)21)10(3)18-15/h4-7H,1-3H3,(H,20,21). The molecule has 0 unspecified atom stereocenters. The number of aromatic nitrogens is 4. The van der Waals surface area contributed by atoms with E-state index >= 15 is 0 Å². The fourth-order valence-corrected chi connectivity index (χ4v) is 2.20. The van der Waals surface area contributed by atoms with Crippen LogP contribution in [-0.2, 0) is 0 Å². The Bertz CT molecular complexity index is 867. The summed E-state index contributed by atoms with van der Waals surface area (Å²) in [6, 6.07) is 4.04. The third-order valence-corrected chi connectivity index (χ3v) is 3.58. The summed E-state index contributed by atoms with van der Waals surface area (Å²) in [6.45, 7) is 5.73. The number of rotatable bonds is 2. The largest absolute Gasteiger partial charge is 0.478 e. The highest BCUT2D eigenvalue weighted by atomic mass is 16.4. The van der Waals surface area contributed by atoms with Crippen molar-refractivity contribution in [3.05, 3.63) is 47.0 Å². The van der Waals surface area contributed by atoms with E-state index in [0.717, 1.165) is 16.6 Å². The van der Waals surface area contributed by atoms with Crippen molar-refractivity contribution in [2.24, 2.45) is 0 Å². The maximum atomic E-state index is 11.0. The molecule has 0 amide bonds. The van der Waals surface area contributed by atoms with Gasteiger partial charge < -0.3 is 5.11 Å². The topological polar surface area (TPSA) is 80.9 Å². The molecule has 0 saturated heterocycles. The van der Waals surface area contributed by atoms with Crippen molar-refractivity contribution in [1.29, 1.82) is 0 Å². The van der Waals surface area contributed by atoms with Crippen molar-refractivity contribution in [1.82, 2.24) is 19.5 Å². The van der Waals surface area contributed by atoms with E-state index in [0.29, 0.717) is 11.6 Å². The van der Waals surface area contributed by atoms with E-state index in [-0.39, 0.29) is 5.56 Å². The number of carbonyl (C=O) groups is 1. The van der Waals surface area contributed by atoms with Crippen molar-refractivity contribution in [3.8, 4) is 5.95 Å². The van der Waals surface area contributed by atoms with Crippen LogP contribution in [0.4, 0.5) is 0 Å². The van der Waals surface area contributed by atoms with Gasteiger partial charge >= 0.3 is 5.97 Å². The Morgan fingerprint density at radius 1 is 1.14 bits per heavy atom. The van der Waals surface area contributed by atoms with Crippen molar-refractivity contribution in [2.75, 3.05) is 0 Å². The summed E-state index contributed by atoms with van der Waals surface area (Å²) in [5.74, 6) is -0.607. The molecule has 6 nitrogen and oxygen atoms in total. The lowest BCUT2D eigenvalue weighted by Crippen LogP contribution is -2.07. The summed E-state index contributed by atoms with van der Waals surface area (Å²) in [5, 5.41) is 9.03. The average molecular weight is 282 g/mol. The second kappa shape index (κ2) is 4.66. The van der Waals surface area contributed by atoms with Gasteiger partial charge in [-0.15, -0.1) is 0 Å². The molecule has 0 aliphatic rings. The van der Waals surface area contributed by atoms with Crippen LogP contribution in [0.5, 0.6) is 0 Å². The molecular formula is C15H14N4O2. The third kappa shape index (κ3) is 2.14. The molecule has 3 rings (SSSR count). The van der Waals surface area contributed by atoms with Gasteiger partial charge in [0.05, 0.1) is 22.3 Å². The van der Waals surface area contributed by atoms with E-state index in [2.05, 4.69) is 15.0 Å². The molecule has 0 fully saturated rings. The first kappa shape index (κ1) is 13.2. The Balaban J connectivity index is 2.19. The van der Waals surface area contributed by atoms with Gasteiger partial charge in [-0.1, -0.05) is 0 Å². The van der Waals surface area contributed by atoms with Crippen molar-refractivity contribution < 1.29 is 9.90 Å². The number of imidazole rings is 1. The van der Waals surface area contributed by atoms with E-state index in [1.807, 2.05) is 26.0 Å². The Morgan fingerprint density at radius 2 is 1.86 bits per heavy atom. The Morgan fingerprint density at radius 3 is 2.52 bits per heavy atom. The molecule has 0 aliphatic carbocycles. The highest BCUT2D eigenvalue weighted by molar-refractivity contribution is 5.88. The van der Waals surface area contributed by atoms with Crippen LogP contribution in [-0.4, -0.2) is 30.6 Å². The lowest BCUT2D eigenvalue weighted by molar-refractivity contribution is 0.0695. The zero-order valence-electron chi connectivity index (χ0n) is 12.0. The number of hydrogen-bond donors (Lipinski definition) is 1. The zero-order valence-corrected chi connectivity index (χ0v) is 12.0. The van der Waals surface area contributed by atoms with Crippen LogP contribution in [0.3, 0.4) is 0 Å². The van der Waals surface area contributed by atoms with Crippen molar-refractivity contribution in [3.63, 3.8) is 0 Å². The minimum Gasteiger partial charge on any atom is -0.478 e. The van der Waals surface area contributed by atoms with E-state index in [1.165, 1.54) is 11.8 Å². The van der Waals surface area contributed by atoms with Gasteiger partial charge in [0.1, 0.15) is 6.33 Å². The summed E-state index contributed by atoms with van der Waals surface area (Å²) in [4.78, 5) is 23.8. The molecule has 6 heteroatoms.